The molecule has 3 heterocycles. The Morgan fingerprint density at radius 1 is 1.09 bits per heavy atom. The molecule has 3 aromatic heterocycles. The molecule has 0 bridgehead atoms. The van der Waals surface area contributed by atoms with Crippen LogP contribution in [0.1, 0.15) is 10.7 Å². The highest BCUT2D eigenvalue weighted by Gasteiger charge is 2.14. The number of thiazole rings is 1. The third-order valence-corrected chi connectivity index (χ3v) is 6.60. The van der Waals surface area contributed by atoms with E-state index in [2.05, 4.69) is 15.3 Å². The summed E-state index contributed by atoms with van der Waals surface area (Å²) in [6.45, 7) is 2.26. The lowest BCUT2D eigenvalue weighted by Gasteiger charge is -2.10. The van der Waals surface area contributed by atoms with Crippen molar-refractivity contribution >= 4 is 54.6 Å². The zero-order valence-corrected chi connectivity index (χ0v) is 18.8. The fourth-order valence-corrected chi connectivity index (χ4v) is 5.18. The number of thiophene rings is 1. The molecule has 0 radical (unpaired) electrons. The summed E-state index contributed by atoms with van der Waals surface area (Å²) >= 11 is 3.25. The second-order valence-electron chi connectivity index (χ2n) is 7.09. The van der Waals surface area contributed by atoms with Crippen molar-refractivity contribution in [1.29, 1.82) is 0 Å². The molecule has 0 aliphatic heterocycles. The van der Waals surface area contributed by atoms with Crippen LogP contribution in [0.3, 0.4) is 0 Å². The van der Waals surface area contributed by atoms with Gasteiger partial charge in [0, 0.05) is 29.4 Å². The predicted octanol–water partition coefficient (Wildman–Crippen LogP) is 5.81. The van der Waals surface area contributed by atoms with Gasteiger partial charge in [-0.1, -0.05) is 12.1 Å². The van der Waals surface area contributed by atoms with E-state index in [-0.39, 0.29) is 12.5 Å². The van der Waals surface area contributed by atoms with E-state index in [1.54, 1.807) is 34.9 Å². The van der Waals surface area contributed by atoms with Gasteiger partial charge in [-0.05, 0) is 42.6 Å². The Morgan fingerprint density at radius 2 is 2.03 bits per heavy atom. The molecule has 0 saturated heterocycles. The first-order chi connectivity index (χ1) is 15.7. The van der Waals surface area contributed by atoms with Gasteiger partial charge in [-0.2, -0.15) is 0 Å². The zero-order valence-electron chi connectivity index (χ0n) is 17.2. The van der Waals surface area contributed by atoms with E-state index >= 15 is 0 Å². The first-order valence-electron chi connectivity index (χ1n) is 9.98. The summed E-state index contributed by atoms with van der Waals surface area (Å²) in [5, 5.41) is 6.87. The molecule has 8 heteroatoms. The van der Waals surface area contributed by atoms with Gasteiger partial charge >= 0.3 is 0 Å². The third-order valence-electron chi connectivity index (χ3n) is 4.76. The average molecular weight is 462 g/mol. The van der Waals surface area contributed by atoms with Crippen LogP contribution in [-0.4, -0.2) is 22.5 Å². The lowest BCUT2D eigenvalue weighted by atomic mass is 10.2. The number of carbonyl (C=O) groups is 1. The van der Waals surface area contributed by atoms with E-state index in [4.69, 9.17) is 9.47 Å². The maximum absolute atomic E-state index is 12.5. The molecule has 5 aromatic rings. The Bertz CT molecular complexity index is 1400. The number of aryl methyl sites for hydroxylation is 1. The molecule has 0 spiro atoms. The lowest BCUT2D eigenvalue weighted by Crippen LogP contribution is -2.20. The first-order valence-corrected chi connectivity index (χ1v) is 11.7. The van der Waals surface area contributed by atoms with Crippen LogP contribution in [0.2, 0.25) is 0 Å². The fraction of sp³-hybridized carbons (Fsp3) is 0.125. The molecule has 5 rings (SSSR count). The molecule has 0 aliphatic rings. The number of benzene rings is 2. The van der Waals surface area contributed by atoms with E-state index in [0.717, 1.165) is 31.0 Å². The summed E-state index contributed by atoms with van der Waals surface area (Å²) in [4.78, 5) is 21.4. The van der Waals surface area contributed by atoms with Crippen molar-refractivity contribution in [3.63, 3.8) is 0 Å². The smallest absolute Gasteiger partial charge is 0.262 e. The third kappa shape index (κ3) is 4.42. The van der Waals surface area contributed by atoms with Crippen molar-refractivity contribution in [1.82, 2.24) is 9.97 Å². The van der Waals surface area contributed by atoms with E-state index < -0.39 is 0 Å². The molecule has 0 saturated carbocycles. The lowest BCUT2D eigenvalue weighted by molar-refractivity contribution is -0.118. The largest absolute Gasteiger partial charge is 0.487 e. The van der Waals surface area contributed by atoms with Gasteiger partial charge in [-0.25, -0.2) is 4.98 Å². The van der Waals surface area contributed by atoms with Crippen molar-refractivity contribution in [3.8, 4) is 11.5 Å². The Kier molecular flexibility index (Phi) is 5.70. The molecule has 160 valence electrons. The van der Waals surface area contributed by atoms with Crippen LogP contribution < -0.4 is 14.8 Å². The Labute approximate surface area is 192 Å². The number of carbonyl (C=O) groups excluding carboxylic acids is 1. The van der Waals surface area contributed by atoms with Gasteiger partial charge < -0.3 is 14.8 Å². The minimum absolute atomic E-state index is 0.0900. The minimum Gasteiger partial charge on any atom is -0.487 e. The normalized spacial score (nSPS) is 11.0. The van der Waals surface area contributed by atoms with Crippen LogP contribution in [0.15, 0.2) is 66.2 Å². The number of nitrogens with zero attached hydrogens (tertiary/aromatic N) is 2. The van der Waals surface area contributed by atoms with Crippen molar-refractivity contribution in [2.75, 3.05) is 11.9 Å². The molecule has 1 amide bonds. The molecule has 0 fully saturated rings. The Morgan fingerprint density at radius 3 is 2.91 bits per heavy atom. The highest BCUT2D eigenvalue weighted by molar-refractivity contribution is 7.21. The number of anilines is 1. The molecule has 6 nitrogen and oxygen atoms in total. The highest BCUT2D eigenvalue weighted by Crippen LogP contribution is 2.38. The van der Waals surface area contributed by atoms with E-state index in [0.29, 0.717) is 23.8 Å². The van der Waals surface area contributed by atoms with Gasteiger partial charge in [0.1, 0.15) is 18.1 Å². The summed E-state index contributed by atoms with van der Waals surface area (Å²) in [7, 11) is 0. The molecule has 0 atom stereocenters. The van der Waals surface area contributed by atoms with E-state index in [1.807, 2.05) is 60.8 Å². The average Bonchev–Trinajstić information content (AvgIpc) is 3.43. The number of fused-ring (bicyclic) bond motifs is 3. The monoisotopic (exact) mass is 461 g/mol. The highest BCUT2D eigenvalue weighted by atomic mass is 32.1. The quantitative estimate of drug-likeness (QED) is 0.331. The van der Waals surface area contributed by atoms with Gasteiger partial charge in [0.25, 0.3) is 5.91 Å². The van der Waals surface area contributed by atoms with Gasteiger partial charge in [0.15, 0.2) is 6.61 Å². The maximum atomic E-state index is 12.5. The number of nitrogens with one attached hydrogen (secondary N) is 1. The van der Waals surface area contributed by atoms with Gasteiger partial charge in [-0.3, -0.25) is 9.78 Å². The number of ether oxygens (including phenoxy) is 2. The maximum Gasteiger partial charge on any atom is 0.262 e. The Hall–Kier alpha value is -3.49. The molecule has 0 aliphatic carbocycles. The summed E-state index contributed by atoms with van der Waals surface area (Å²) in [5.74, 6) is 1.11. The second-order valence-corrected chi connectivity index (χ2v) is 9.24. The fourth-order valence-electron chi connectivity index (χ4n) is 3.35. The van der Waals surface area contributed by atoms with Crippen LogP contribution >= 0.6 is 22.7 Å². The summed E-state index contributed by atoms with van der Waals surface area (Å²) in [6.07, 6.45) is 1.73. The van der Waals surface area contributed by atoms with Crippen molar-refractivity contribution in [2.24, 2.45) is 0 Å². The summed E-state index contributed by atoms with van der Waals surface area (Å²) in [6, 6.07) is 16.9. The van der Waals surface area contributed by atoms with Crippen LogP contribution in [-0.2, 0) is 11.4 Å². The molecular formula is C24H19N3O3S2. The van der Waals surface area contributed by atoms with Crippen molar-refractivity contribution in [3.05, 3.63) is 76.9 Å². The van der Waals surface area contributed by atoms with Crippen LogP contribution in [0.25, 0.3) is 20.3 Å². The van der Waals surface area contributed by atoms with Crippen LogP contribution in [0.4, 0.5) is 5.69 Å². The topological polar surface area (TPSA) is 73.3 Å². The molecule has 32 heavy (non-hydrogen) atoms. The number of pyridine rings is 1. The number of rotatable bonds is 7. The first kappa shape index (κ1) is 20.4. The van der Waals surface area contributed by atoms with Gasteiger partial charge in [0.05, 0.1) is 25.6 Å². The predicted molar refractivity (Wildman–Crippen MR) is 129 cm³/mol. The number of hydrogen-bond acceptors (Lipinski definition) is 7. The molecule has 0 unspecified atom stereocenters. The van der Waals surface area contributed by atoms with Crippen molar-refractivity contribution < 1.29 is 14.3 Å². The zero-order chi connectivity index (χ0) is 21.9. The summed E-state index contributed by atoms with van der Waals surface area (Å²) in [5.41, 5.74) is 2.48. The van der Waals surface area contributed by atoms with E-state index in [1.165, 1.54) is 0 Å². The minimum atomic E-state index is -0.240. The molecule has 1 N–H and O–H groups in total. The van der Waals surface area contributed by atoms with Crippen LogP contribution in [0, 0.1) is 6.92 Å². The van der Waals surface area contributed by atoms with E-state index in [9.17, 15) is 4.79 Å². The SMILES string of the molecule is Cc1nc2c(cc(OCC(=O)Nc3cccc(OCc4ccccn4)c3)c3ccsc32)s1. The molecular weight excluding hydrogens is 442 g/mol. The standard InChI is InChI=1S/C24H19N3O3S2/c1-15-26-23-21(32-15)12-20(19-8-10-31-24(19)23)30-14-22(28)27-16-6-4-7-18(11-16)29-13-17-5-2-3-9-25-17/h2-12H,13-14H2,1H3,(H,27,28). The van der Waals surface area contributed by atoms with Crippen LogP contribution in [0.5, 0.6) is 11.5 Å². The second kappa shape index (κ2) is 8.94. The Balaban J connectivity index is 1.24. The number of hydrogen-bond donors (Lipinski definition) is 1. The van der Waals surface area contributed by atoms with Gasteiger partial charge in [0.2, 0.25) is 0 Å². The number of aromatic nitrogens is 2. The van der Waals surface area contributed by atoms with Gasteiger partial charge in [-0.15, -0.1) is 22.7 Å². The number of amides is 1. The summed E-state index contributed by atoms with van der Waals surface area (Å²) < 4.78 is 13.8. The molecule has 2 aromatic carbocycles. The van der Waals surface area contributed by atoms with Crippen molar-refractivity contribution in [2.45, 2.75) is 13.5 Å².